The highest BCUT2D eigenvalue weighted by atomic mass is 79.9. The third-order valence-electron chi connectivity index (χ3n) is 16.6. The van der Waals surface area contributed by atoms with Crippen molar-refractivity contribution < 1.29 is 0 Å². The normalized spacial score (nSPS) is 13.4. The van der Waals surface area contributed by atoms with E-state index in [0.717, 1.165) is 73.3 Å². The van der Waals surface area contributed by atoms with Gasteiger partial charge in [0.05, 0.1) is 33.8 Å². The Hall–Kier alpha value is -9.36. The van der Waals surface area contributed by atoms with Crippen LogP contribution in [-0.2, 0) is 17.3 Å². The minimum Gasteiger partial charge on any atom is -0.309 e. The molecule has 6 heteroatoms. The molecule has 81 heavy (non-hydrogen) atoms. The maximum atomic E-state index is 5.29. The van der Waals surface area contributed by atoms with Gasteiger partial charge in [-0.1, -0.05) is 262 Å². The summed E-state index contributed by atoms with van der Waals surface area (Å²) in [5, 5.41) is 2.50. The van der Waals surface area contributed by atoms with Crippen molar-refractivity contribution in [3.8, 4) is 84.6 Å². The molecule has 0 aliphatic heterocycles. The lowest BCUT2D eigenvalue weighted by Gasteiger charge is -2.23. The second-order valence-electron chi connectivity index (χ2n) is 22.2. The van der Waals surface area contributed by atoms with Crippen molar-refractivity contribution in [3.63, 3.8) is 0 Å². The van der Waals surface area contributed by atoms with E-state index in [2.05, 4.69) is 285 Å². The fourth-order valence-corrected chi connectivity index (χ4v) is 13.2. The van der Waals surface area contributed by atoms with E-state index in [1.807, 2.05) is 18.2 Å². The predicted molar refractivity (Wildman–Crippen MR) is 338 cm³/mol. The van der Waals surface area contributed by atoms with Crippen LogP contribution in [0.5, 0.6) is 0 Å². The monoisotopic (exact) mass is 1110 g/mol. The quantitative estimate of drug-likeness (QED) is 0.172. The average Bonchev–Trinajstić information content (AvgIpc) is 4.33. The van der Waals surface area contributed by atoms with Gasteiger partial charge in [0.1, 0.15) is 0 Å². The van der Waals surface area contributed by atoms with Crippen LogP contribution in [0.2, 0.25) is 0 Å². The Bertz CT molecular complexity index is 4480. The van der Waals surface area contributed by atoms with Gasteiger partial charge in [0.15, 0.2) is 11.6 Å². The second kappa shape index (κ2) is 20.1. The topological polar surface area (TPSA) is 56.5 Å². The first-order chi connectivity index (χ1) is 39.6. The molecular weight excluding hydrogens is 1050 g/mol. The molecule has 0 atom stereocenters. The molecule has 0 radical (unpaired) electrons. The highest BCUT2D eigenvalue weighted by Gasteiger charge is 2.41. The van der Waals surface area contributed by atoms with Crippen LogP contribution in [0.1, 0.15) is 61.1 Å². The lowest BCUT2D eigenvalue weighted by Crippen LogP contribution is -2.17. The summed E-state index contributed by atoms with van der Waals surface area (Å²) in [6.07, 6.45) is 1.10. The summed E-state index contributed by atoms with van der Waals surface area (Å²) < 4.78 is 3.37. The molecule has 3 aliphatic carbocycles. The average molecular weight is 1110 g/mol. The van der Waals surface area contributed by atoms with Gasteiger partial charge in [0.2, 0.25) is 0 Å². The SMILES string of the molecule is CC1(C)c2ccccc2-c2nc(-c3cccc(-n4c5ccccc5c5ccccc54)c3)nc(-c3ccccc3)c21.CC1(C)c2ccccc2-c2nc(-c3cccc(Br)c3)nc(-c3ccccc3)c21.c1ccc2c(c1)Cc1ccccc1-2. The van der Waals surface area contributed by atoms with Gasteiger partial charge in [-0.25, -0.2) is 19.9 Å². The number of rotatable bonds is 5. The number of nitrogens with zero attached hydrogens (tertiary/aromatic N) is 5. The van der Waals surface area contributed by atoms with E-state index in [1.54, 1.807) is 0 Å². The molecule has 10 aromatic carbocycles. The second-order valence-corrected chi connectivity index (χ2v) is 23.1. The van der Waals surface area contributed by atoms with E-state index < -0.39 is 0 Å². The zero-order valence-electron chi connectivity index (χ0n) is 45.6. The molecule has 13 aromatic rings. The molecule has 0 N–H and O–H groups in total. The largest absolute Gasteiger partial charge is 0.309 e. The van der Waals surface area contributed by atoms with E-state index >= 15 is 0 Å². The van der Waals surface area contributed by atoms with Gasteiger partial charge in [-0.05, 0) is 76.2 Å². The Balaban J connectivity index is 0.000000123. The van der Waals surface area contributed by atoms with Crippen LogP contribution in [0.3, 0.4) is 0 Å². The van der Waals surface area contributed by atoms with Crippen LogP contribution in [0.25, 0.3) is 106 Å². The van der Waals surface area contributed by atoms with Gasteiger partial charge in [-0.15, -0.1) is 0 Å². The minimum atomic E-state index is -0.194. The molecule has 0 saturated carbocycles. The van der Waals surface area contributed by atoms with Gasteiger partial charge < -0.3 is 4.57 Å². The molecule has 0 amide bonds. The third-order valence-corrected chi connectivity index (χ3v) is 17.1. The van der Waals surface area contributed by atoms with Crippen molar-refractivity contribution >= 4 is 37.7 Å². The van der Waals surface area contributed by atoms with Crippen molar-refractivity contribution in [2.24, 2.45) is 0 Å². The van der Waals surface area contributed by atoms with Crippen LogP contribution in [0.4, 0.5) is 0 Å². The number of fused-ring (bicyclic) bond motifs is 12. The molecule has 0 saturated heterocycles. The minimum absolute atomic E-state index is 0.146. The Morgan fingerprint density at radius 3 is 1.22 bits per heavy atom. The lowest BCUT2D eigenvalue weighted by atomic mass is 9.81. The van der Waals surface area contributed by atoms with Gasteiger partial charge >= 0.3 is 0 Å². The Labute approximate surface area is 481 Å². The Morgan fingerprint density at radius 2 is 0.728 bits per heavy atom. The molecule has 0 fully saturated rings. The Morgan fingerprint density at radius 1 is 0.346 bits per heavy atom. The van der Waals surface area contributed by atoms with Gasteiger partial charge in [0, 0.05) is 76.3 Å². The number of halogens is 1. The zero-order chi connectivity index (χ0) is 54.8. The first kappa shape index (κ1) is 49.9. The molecule has 16 rings (SSSR count). The zero-order valence-corrected chi connectivity index (χ0v) is 47.2. The number of aromatic nitrogens is 5. The molecule has 5 nitrogen and oxygen atoms in total. The number of hydrogen-bond donors (Lipinski definition) is 0. The number of para-hydroxylation sites is 2. The summed E-state index contributed by atoms with van der Waals surface area (Å²) in [5.74, 6) is 1.50. The van der Waals surface area contributed by atoms with Crippen molar-refractivity contribution in [2.75, 3.05) is 0 Å². The highest BCUT2D eigenvalue weighted by molar-refractivity contribution is 9.10. The molecule has 3 heterocycles. The van der Waals surface area contributed by atoms with Crippen LogP contribution >= 0.6 is 15.9 Å². The highest BCUT2D eigenvalue weighted by Crippen LogP contribution is 2.53. The van der Waals surface area contributed by atoms with Crippen LogP contribution in [0, 0.1) is 0 Å². The molecule has 0 bridgehead atoms. The number of hydrogen-bond acceptors (Lipinski definition) is 4. The molecule has 388 valence electrons. The van der Waals surface area contributed by atoms with Gasteiger partial charge in [-0.2, -0.15) is 0 Å². The van der Waals surface area contributed by atoms with Gasteiger partial charge in [-0.3, -0.25) is 0 Å². The van der Waals surface area contributed by atoms with Crippen molar-refractivity contribution in [2.45, 2.75) is 44.9 Å². The smallest absolute Gasteiger partial charge is 0.160 e. The van der Waals surface area contributed by atoms with Gasteiger partial charge in [0.25, 0.3) is 0 Å². The Kier molecular flexibility index (Phi) is 12.4. The summed E-state index contributed by atoms with van der Waals surface area (Å²) in [4.78, 5) is 20.7. The summed E-state index contributed by atoms with van der Waals surface area (Å²) in [6.45, 7) is 9.12. The fraction of sp³-hybridized carbons (Fsp3) is 0.0933. The molecule has 3 aromatic heterocycles. The molecule has 0 spiro atoms. The van der Waals surface area contributed by atoms with Crippen LogP contribution < -0.4 is 0 Å². The maximum absolute atomic E-state index is 5.29. The van der Waals surface area contributed by atoms with Crippen molar-refractivity contribution in [1.82, 2.24) is 24.5 Å². The fourth-order valence-electron chi connectivity index (χ4n) is 12.8. The lowest BCUT2D eigenvalue weighted by molar-refractivity contribution is 0.657. The molecule has 3 aliphatic rings. The summed E-state index contributed by atoms with van der Waals surface area (Å²) in [5.41, 5.74) is 24.7. The van der Waals surface area contributed by atoms with E-state index in [0.29, 0.717) is 0 Å². The predicted octanol–water partition coefficient (Wildman–Crippen LogP) is 19.4. The summed E-state index contributed by atoms with van der Waals surface area (Å²) in [6, 6.07) is 89.6. The van der Waals surface area contributed by atoms with E-state index in [4.69, 9.17) is 19.9 Å². The molecule has 0 unspecified atom stereocenters. The first-order valence-electron chi connectivity index (χ1n) is 27.8. The van der Waals surface area contributed by atoms with E-state index in [1.165, 1.54) is 77.4 Å². The van der Waals surface area contributed by atoms with E-state index in [9.17, 15) is 0 Å². The maximum Gasteiger partial charge on any atom is 0.160 e. The van der Waals surface area contributed by atoms with Crippen LogP contribution in [-0.4, -0.2) is 24.5 Å². The summed E-state index contributed by atoms with van der Waals surface area (Å²) in [7, 11) is 0. The third kappa shape index (κ3) is 8.61. The summed E-state index contributed by atoms with van der Waals surface area (Å²) >= 11 is 3.57. The standard InChI is InChI=1S/C37H27N3.C25H19BrN2.C13H10/c1-37(2)30-20-9-6-19-29(30)35-33(37)34(24-13-4-3-5-14-24)38-36(39-35)25-15-12-16-26(23-25)40-31-21-10-7-17-27(31)28-18-8-11-22-32(28)40;1-25(2)20-14-7-6-13-19(20)23-21(25)22(16-9-4-3-5-10-16)27-24(28-23)17-11-8-12-18(26)15-17;1-3-7-12-10(5-1)9-11-6-2-4-8-13(11)12/h3-23H,1-2H3;3-15H,1-2H3;1-8H,9H2. The first-order valence-corrected chi connectivity index (χ1v) is 28.6. The van der Waals surface area contributed by atoms with Crippen molar-refractivity contribution in [1.29, 1.82) is 0 Å². The number of benzene rings is 10. The van der Waals surface area contributed by atoms with E-state index in [-0.39, 0.29) is 10.8 Å². The van der Waals surface area contributed by atoms with Crippen molar-refractivity contribution in [3.05, 3.63) is 293 Å². The molecular formula is C75H56BrN5. The van der Waals surface area contributed by atoms with Crippen LogP contribution in [0.15, 0.2) is 259 Å².